The molecule has 11 nitrogen and oxygen atoms in total. The van der Waals surface area contributed by atoms with Crippen LogP contribution < -0.4 is 26.0 Å². The number of ether oxygens (including phenoxy) is 1. The quantitative estimate of drug-likeness (QED) is 0.259. The van der Waals surface area contributed by atoms with Crippen molar-refractivity contribution in [1.82, 2.24) is 20.1 Å². The molecule has 3 fully saturated rings. The van der Waals surface area contributed by atoms with Crippen molar-refractivity contribution in [3.63, 3.8) is 0 Å². The molecule has 272 valence electrons. The first-order chi connectivity index (χ1) is 24.7. The molecule has 3 aliphatic carbocycles. The Hall–Kier alpha value is -4.35. The van der Waals surface area contributed by atoms with Crippen LogP contribution in [-0.4, -0.2) is 96.3 Å². The largest absolute Gasteiger partial charge is 0.489 e. The minimum atomic E-state index is -0.711. The summed E-state index contributed by atoms with van der Waals surface area (Å²) in [5, 5.41) is 17.5. The van der Waals surface area contributed by atoms with Crippen LogP contribution in [0, 0.1) is 12.8 Å². The third kappa shape index (κ3) is 8.59. The molecular formula is C40H53N7O4. The van der Waals surface area contributed by atoms with E-state index < -0.39 is 6.10 Å². The summed E-state index contributed by atoms with van der Waals surface area (Å²) in [7, 11) is 0. The normalized spacial score (nSPS) is 20.3. The van der Waals surface area contributed by atoms with E-state index in [1.54, 1.807) is 0 Å². The molecular weight excluding hydrogens is 642 g/mol. The average molecular weight is 696 g/mol. The highest BCUT2D eigenvalue weighted by Crippen LogP contribution is 2.33. The van der Waals surface area contributed by atoms with Crippen LogP contribution in [0.2, 0.25) is 0 Å². The van der Waals surface area contributed by atoms with Gasteiger partial charge in [-0.3, -0.25) is 14.5 Å². The Labute approximate surface area is 301 Å². The number of rotatable bonds is 12. The zero-order chi connectivity index (χ0) is 35.5. The number of carbonyl (C=O) groups is 2. The van der Waals surface area contributed by atoms with E-state index >= 15 is 0 Å². The second kappa shape index (κ2) is 15.5. The van der Waals surface area contributed by atoms with E-state index in [1.807, 2.05) is 23.1 Å². The second-order valence-electron chi connectivity index (χ2n) is 14.9. The first-order valence-corrected chi connectivity index (χ1v) is 18.8. The molecule has 1 atom stereocenters. The van der Waals surface area contributed by atoms with Crippen LogP contribution in [0.25, 0.3) is 0 Å². The third-order valence-corrected chi connectivity index (χ3v) is 11.1. The van der Waals surface area contributed by atoms with Crippen molar-refractivity contribution in [2.24, 2.45) is 11.7 Å². The van der Waals surface area contributed by atoms with E-state index in [0.717, 1.165) is 74.5 Å². The number of benzene rings is 1. The molecule has 0 unspecified atom stereocenters. The zero-order valence-corrected chi connectivity index (χ0v) is 30.1. The number of nitrogens with two attached hydrogens (primary N) is 1. The number of nitrogens with one attached hydrogen (secondary N) is 2. The van der Waals surface area contributed by atoms with Crippen molar-refractivity contribution in [2.45, 2.75) is 77.5 Å². The van der Waals surface area contributed by atoms with Gasteiger partial charge in [-0.2, -0.15) is 0 Å². The third-order valence-electron chi connectivity index (χ3n) is 11.1. The minimum absolute atomic E-state index is 0.156. The number of fused-ring (bicyclic) bond motifs is 1. The fourth-order valence-electron chi connectivity index (χ4n) is 7.38. The summed E-state index contributed by atoms with van der Waals surface area (Å²) in [6, 6.07) is 8.23. The van der Waals surface area contributed by atoms with E-state index in [1.165, 1.54) is 28.7 Å². The lowest BCUT2D eigenvalue weighted by Crippen LogP contribution is -2.49. The number of hydrogen-bond acceptors (Lipinski definition) is 9. The number of nitrogens with zero attached hydrogens (tertiary/aromatic N) is 4. The number of aliphatic hydroxyl groups is 1. The Morgan fingerprint density at radius 2 is 1.86 bits per heavy atom. The number of anilines is 2. The first kappa shape index (κ1) is 35.1. The predicted molar refractivity (Wildman–Crippen MR) is 200 cm³/mol. The number of amides is 2. The maximum atomic E-state index is 13.5. The molecule has 0 radical (unpaired) electrons. The molecule has 1 saturated heterocycles. The maximum Gasteiger partial charge on any atom is 0.251 e. The molecule has 11 heteroatoms. The van der Waals surface area contributed by atoms with Gasteiger partial charge < -0.3 is 36.0 Å². The van der Waals surface area contributed by atoms with E-state index in [4.69, 9.17) is 15.5 Å². The fraction of sp³-hybridized carbons (Fsp3) is 0.525. The number of aromatic nitrogens is 1. The number of hydrogen-bond donors (Lipinski definition) is 4. The van der Waals surface area contributed by atoms with Gasteiger partial charge in [-0.1, -0.05) is 18.2 Å². The molecule has 7 rings (SSSR count). The van der Waals surface area contributed by atoms with Crippen LogP contribution in [-0.2, 0) is 17.8 Å². The van der Waals surface area contributed by atoms with Crippen molar-refractivity contribution in [2.75, 3.05) is 62.6 Å². The summed E-state index contributed by atoms with van der Waals surface area (Å²) >= 11 is 0. The van der Waals surface area contributed by atoms with Gasteiger partial charge in [0.1, 0.15) is 24.0 Å². The summed E-state index contributed by atoms with van der Waals surface area (Å²) in [5.74, 6) is 2.62. The number of carbonyl (C=O) groups excluding carboxylic acids is 2. The number of pyridine rings is 1. The average Bonchev–Trinajstić information content (AvgIpc) is 3.98. The lowest BCUT2D eigenvalue weighted by Gasteiger charge is -2.36. The zero-order valence-electron chi connectivity index (χ0n) is 30.1. The molecule has 2 aliphatic heterocycles. The van der Waals surface area contributed by atoms with E-state index in [-0.39, 0.29) is 24.3 Å². The lowest BCUT2D eigenvalue weighted by atomic mass is 9.93. The van der Waals surface area contributed by atoms with Crippen LogP contribution >= 0.6 is 0 Å². The standard InChI is InChI=1S/C40H53N7O4/c1-26-6-11-32(41)12-9-30(26)25-51-36-13-10-29-23-45(15-14-35(29)27(36)2)24-34(48)22-42-39(49)31-20-37(43-33-4-3-5-33)44-38(21-31)46-16-18-47(19-17-46)40(50)28-7-8-28/h6,9-10,12-13,20-21,28,33-34,48H,3-5,7-8,11,14-19,22-25,41H2,1-2H3,(H,42,49)(H,43,44)/t34-/m0/s1. The van der Waals surface area contributed by atoms with Crippen molar-refractivity contribution >= 4 is 23.5 Å². The Bertz CT molecular complexity index is 1720. The van der Waals surface area contributed by atoms with Gasteiger partial charge >= 0.3 is 0 Å². The number of β-amino-alcohol motifs (C(OH)–C–C–N with tert-alkyl or cyclic N) is 1. The second-order valence-corrected chi connectivity index (χ2v) is 14.9. The van der Waals surface area contributed by atoms with Crippen LogP contribution in [0.4, 0.5) is 11.6 Å². The van der Waals surface area contributed by atoms with Crippen LogP contribution in [0.5, 0.6) is 5.75 Å². The Morgan fingerprint density at radius 3 is 2.61 bits per heavy atom. The molecule has 2 amide bonds. The Kier molecular flexibility index (Phi) is 10.7. The molecule has 1 aromatic heterocycles. The SMILES string of the molecule is CC1=CCC(N)=CC=C1COc1ccc2c(c1C)CCN(C[C@@H](O)CNC(=O)c1cc(NC3CCC3)nc(N3CCN(C(=O)C4CC4)CC3)c1)C2. The van der Waals surface area contributed by atoms with E-state index in [2.05, 4.69) is 58.6 Å². The first-order valence-electron chi connectivity index (χ1n) is 18.8. The highest BCUT2D eigenvalue weighted by Gasteiger charge is 2.35. The maximum absolute atomic E-state index is 13.5. The van der Waals surface area contributed by atoms with E-state index in [0.29, 0.717) is 56.8 Å². The topological polar surface area (TPSA) is 136 Å². The summed E-state index contributed by atoms with van der Waals surface area (Å²) in [5.41, 5.74) is 13.4. The van der Waals surface area contributed by atoms with Gasteiger partial charge in [0.2, 0.25) is 5.91 Å². The van der Waals surface area contributed by atoms with Crippen molar-refractivity contribution < 1.29 is 19.4 Å². The number of aliphatic hydroxyl groups excluding tert-OH is 1. The van der Waals surface area contributed by atoms with Crippen LogP contribution in [0.3, 0.4) is 0 Å². The molecule has 2 saturated carbocycles. The summed E-state index contributed by atoms with van der Waals surface area (Å²) < 4.78 is 6.29. The highest BCUT2D eigenvalue weighted by atomic mass is 16.5. The summed E-state index contributed by atoms with van der Waals surface area (Å²) in [4.78, 5) is 37.3. The molecule has 51 heavy (non-hydrogen) atoms. The molecule has 2 aromatic rings. The van der Waals surface area contributed by atoms with Gasteiger partial charge in [0.15, 0.2) is 0 Å². The predicted octanol–water partition coefficient (Wildman–Crippen LogP) is 4.06. The van der Waals surface area contributed by atoms with Crippen molar-refractivity contribution in [3.05, 3.63) is 81.6 Å². The molecule has 0 spiro atoms. The highest BCUT2D eigenvalue weighted by molar-refractivity contribution is 5.95. The molecule has 5 aliphatic rings. The van der Waals surface area contributed by atoms with E-state index in [9.17, 15) is 14.7 Å². The van der Waals surface area contributed by atoms with Crippen molar-refractivity contribution in [3.8, 4) is 5.75 Å². The smallest absolute Gasteiger partial charge is 0.251 e. The molecule has 3 heterocycles. The Morgan fingerprint density at radius 1 is 1.06 bits per heavy atom. The number of piperazine rings is 1. The van der Waals surface area contributed by atoms with Crippen LogP contribution in [0.1, 0.15) is 72.5 Å². The monoisotopic (exact) mass is 695 g/mol. The summed E-state index contributed by atoms with van der Waals surface area (Å²) in [6.45, 7) is 9.62. The van der Waals surface area contributed by atoms with Gasteiger partial charge in [0.05, 0.1) is 6.10 Å². The Balaban J connectivity index is 0.925. The molecule has 0 bridgehead atoms. The van der Waals surface area contributed by atoms with Gasteiger partial charge in [-0.05, 0) is 104 Å². The van der Waals surface area contributed by atoms with Crippen molar-refractivity contribution in [1.29, 1.82) is 0 Å². The van der Waals surface area contributed by atoms with Gasteiger partial charge in [-0.25, -0.2) is 4.98 Å². The van der Waals surface area contributed by atoms with Gasteiger partial charge in [0.25, 0.3) is 5.91 Å². The molecule has 1 aromatic carbocycles. The lowest BCUT2D eigenvalue weighted by molar-refractivity contribution is -0.132. The minimum Gasteiger partial charge on any atom is -0.489 e. The fourth-order valence-corrected chi connectivity index (χ4v) is 7.38. The summed E-state index contributed by atoms with van der Waals surface area (Å²) in [6.07, 6.45) is 12.5. The van der Waals surface area contributed by atoms with Crippen LogP contribution in [0.15, 0.2) is 59.3 Å². The number of allylic oxidation sites excluding steroid dienone is 3. The van der Waals surface area contributed by atoms with Gasteiger partial charge in [-0.15, -0.1) is 0 Å². The molecule has 5 N–H and O–H groups in total. The van der Waals surface area contributed by atoms with Gasteiger partial charge in [0, 0.05) is 82.0 Å².